The van der Waals surface area contributed by atoms with Crippen LogP contribution >= 0.6 is 0 Å². The average molecular weight is 372 g/mol. The molecule has 2 aromatic rings. The third kappa shape index (κ3) is 6.47. The van der Waals surface area contributed by atoms with Crippen LogP contribution in [0, 0.1) is 5.41 Å². The first-order valence-electron chi connectivity index (χ1n) is 8.93. The van der Waals surface area contributed by atoms with Crippen LogP contribution in [0.15, 0.2) is 47.1 Å². The number of hydrogen-bond donors (Lipinski definition) is 2. The number of furan rings is 1. The van der Waals surface area contributed by atoms with Gasteiger partial charge in [0, 0.05) is 0 Å². The fraction of sp³-hybridized carbons (Fsp3) is 0.429. The van der Waals surface area contributed by atoms with E-state index < -0.39 is 11.8 Å². The molecule has 0 saturated carbocycles. The predicted molar refractivity (Wildman–Crippen MR) is 103 cm³/mol. The van der Waals surface area contributed by atoms with Crippen molar-refractivity contribution >= 4 is 11.8 Å². The van der Waals surface area contributed by atoms with Gasteiger partial charge in [-0.05, 0) is 47.1 Å². The number of carbonyl (C=O) groups excluding carboxylic acids is 2. The highest BCUT2D eigenvalue weighted by Crippen LogP contribution is 2.36. The van der Waals surface area contributed by atoms with E-state index in [1.165, 1.54) is 17.9 Å². The van der Waals surface area contributed by atoms with Crippen LogP contribution in [0.3, 0.4) is 0 Å². The Balaban J connectivity index is 1.82. The van der Waals surface area contributed by atoms with Crippen LogP contribution in [0.5, 0.6) is 5.75 Å². The van der Waals surface area contributed by atoms with Gasteiger partial charge in [0.2, 0.25) is 0 Å². The Morgan fingerprint density at radius 2 is 1.67 bits per heavy atom. The summed E-state index contributed by atoms with van der Waals surface area (Å²) in [5.74, 6) is -0.284. The molecule has 0 unspecified atom stereocenters. The van der Waals surface area contributed by atoms with E-state index in [4.69, 9.17) is 9.15 Å². The van der Waals surface area contributed by atoms with E-state index in [9.17, 15) is 9.59 Å². The van der Waals surface area contributed by atoms with Gasteiger partial charge in [-0.1, -0.05) is 46.8 Å². The van der Waals surface area contributed by atoms with Crippen LogP contribution in [0.4, 0.5) is 0 Å². The summed E-state index contributed by atoms with van der Waals surface area (Å²) in [6, 6.07) is 10.9. The molecule has 6 heteroatoms. The minimum atomic E-state index is -0.529. The maximum atomic E-state index is 11.8. The van der Waals surface area contributed by atoms with E-state index >= 15 is 0 Å². The van der Waals surface area contributed by atoms with Crippen LogP contribution < -0.4 is 15.6 Å². The first kappa shape index (κ1) is 20.6. The molecular formula is C21H28N2O4. The van der Waals surface area contributed by atoms with Crippen molar-refractivity contribution in [3.63, 3.8) is 0 Å². The van der Waals surface area contributed by atoms with Crippen LogP contribution in [0.2, 0.25) is 0 Å². The van der Waals surface area contributed by atoms with Gasteiger partial charge in [-0.25, -0.2) is 0 Å². The van der Waals surface area contributed by atoms with Gasteiger partial charge in [-0.2, -0.15) is 0 Å². The minimum absolute atomic E-state index is 0.0459. The first-order chi connectivity index (χ1) is 12.6. The highest BCUT2D eigenvalue weighted by Gasteiger charge is 2.27. The van der Waals surface area contributed by atoms with E-state index in [2.05, 4.69) is 45.5 Å². The van der Waals surface area contributed by atoms with E-state index in [0.29, 0.717) is 5.75 Å². The van der Waals surface area contributed by atoms with E-state index in [-0.39, 0.29) is 23.2 Å². The van der Waals surface area contributed by atoms with Gasteiger partial charge in [-0.15, -0.1) is 0 Å². The molecule has 27 heavy (non-hydrogen) atoms. The van der Waals surface area contributed by atoms with Crippen molar-refractivity contribution in [1.29, 1.82) is 0 Å². The maximum Gasteiger partial charge on any atom is 0.305 e. The van der Waals surface area contributed by atoms with Crippen molar-refractivity contribution in [2.24, 2.45) is 5.41 Å². The van der Waals surface area contributed by atoms with E-state index in [1.807, 2.05) is 24.3 Å². The molecule has 0 radical (unpaired) electrons. The SMILES string of the molecule is CC(C)(C)CC(C)(C)c1ccc(OCC(=O)NNC(=O)c2ccco2)cc1. The lowest BCUT2D eigenvalue weighted by molar-refractivity contribution is -0.123. The zero-order chi connectivity index (χ0) is 20.1. The normalized spacial score (nSPS) is 11.7. The maximum absolute atomic E-state index is 11.8. The molecular weight excluding hydrogens is 344 g/mol. The van der Waals surface area contributed by atoms with Crippen LogP contribution in [-0.4, -0.2) is 18.4 Å². The van der Waals surface area contributed by atoms with Crippen molar-refractivity contribution in [3.8, 4) is 5.75 Å². The minimum Gasteiger partial charge on any atom is -0.484 e. The zero-order valence-electron chi connectivity index (χ0n) is 16.6. The largest absolute Gasteiger partial charge is 0.484 e. The Kier molecular flexibility index (Phi) is 6.31. The molecule has 2 rings (SSSR count). The summed E-state index contributed by atoms with van der Waals surface area (Å²) >= 11 is 0. The third-order valence-electron chi connectivity index (χ3n) is 4.04. The van der Waals surface area contributed by atoms with Gasteiger partial charge in [0.1, 0.15) is 5.75 Å². The lowest BCUT2D eigenvalue weighted by Gasteiger charge is -2.33. The van der Waals surface area contributed by atoms with Gasteiger partial charge in [0.25, 0.3) is 5.91 Å². The number of hydrazine groups is 1. The summed E-state index contributed by atoms with van der Waals surface area (Å²) in [5.41, 5.74) is 6.04. The van der Waals surface area contributed by atoms with Crippen molar-refractivity contribution in [2.45, 2.75) is 46.5 Å². The second-order valence-corrected chi connectivity index (χ2v) is 8.41. The molecule has 0 saturated heterocycles. The van der Waals surface area contributed by atoms with Crippen molar-refractivity contribution < 1.29 is 18.7 Å². The number of benzene rings is 1. The average Bonchev–Trinajstić information content (AvgIpc) is 3.11. The molecule has 0 bridgehead atoms. The van der Waals surface area contributed by atoms with E-state index in [0.717, 1.165) is 6.42 Å². The predicted octanol–water partition coefficient (Wildman–Crippen LogP) is 3.83. The Hall–Kier alpha value is -2.76. The summed E-state index contributed by atoms with van der Waals surface area (Å²) in [4.78, 5) is 23.4. The smallest absolute Gasteiger partial charge is 0.305 e. The molecule has 0 aliphatic heterocycles. The first-order valence-corrected chi connectivity index (χ1v) is 8.93. The number of rotatable bonds is 6. The van der Waals surface area contributed by atoms with Crippen molar-refractivity contribution in [3.05, 3.63) is 54.0 Å². The molecule has 0 atom stereocenters. The molecule has 1 heterocycles. The Morgan fingerprint density at radius 1 is 1.00 bits per heavy atom. The number of nitrogens with one attached hydrogen (secondary N) is 2. The monoisotopic (exact) mass is 372 g/mol. The summed E-state index contributed by atoms with van der Waals surface area (Å²) in [6.45, 7) is 10.9. The summed E-state index contributed by atoms with van der Waals surface area (Å²) in [6.07, 6.45) is 2.43. The van der Waals surface area contributed by atoms with Crippen molar-refractivity contribution in [1.82, 2.24) is 10.9 Å². The highest BCUT2D eigenvalue weighted by atomic mass is 16.5. The van der Waals surface area contributed by atoms with E-state index in [1.54, 1.807) is 6.07 Å². The summed E-state index contributed by atoms with van der Waals surface area (Å²) in [5, 5.41) is 0. The molecule has 0 aliphatic carbocycles. The molecule has 1 aromatic heterocycles. The molecule has 2 N–H and O–H groups in total. The fourth-order valence-electron chi connectivity index (χ4n) is 3.21. The van der Waals surface area contributed by atoms with Crippen LogP contribution in [-0.2, 0) is 10.2 Å². The number of carbonyl (C=O) groups is 2. The molecule has 0 fully saturated rings. The molecule has 2 amide bonds. The molecule has 1 aromatic carbocycles. The Labute approximate surface area is 160 Å². The molecule has 0 aliphatic rings. The van der Waals surface area contributed by atoms with Gasteiger partial charge in [0.15, 0.2) is 12.4 Å². The molecule has 6 nitrogen and oxygen atoms in total. The second-order valence-electron chi connectivity index (χ2n) is 8.41. The van der Waals surface area contributed by atoms with Crippen molar-refractivity contribution in [2.75, 3.05) is 6.61 Å². The third-order valence-corrected chi connectivity index (χ3v) is 4.04. The van der Waals surface area contributed by atoms with Gasteiger partial charge in [-0.3, -0.25) is 20.4 Å². The summed E-state index contributed by atoms with van der Waals surface area (Å²) < 4.78 is 10.4. The lowest BCUT2D eigenvalue weighted by atomic mass is 9.72. The molecule has 0 spiro atoms. The standard InChI is InChI=1S/C21H28N2O4/c1-20(2,3)14-21(4,5)15-8-10-16(11-9-15)27-13-18(24)22-23-19(25)17-7-6-12-26-17/h6-12H,13-14H2,1-5H3,(H,22,24)(H,23,25). The summed E-state index contributed by atoms with van der Waals surface area (Å²) in [7, 11) is 0. The lowest BCUT2D eigenvalue weighted by Crippen LogP contribution is -2.43. The number of hydrogen-bond acceptors (Lipinski definition) is 4. The highest BCUT2D eigenvalue weighted by molar-refractivity contribution is 5.92. The fourth-order valence-corrected chi connectivity index (χ4v) is 3.21. The van der Waals surface area contributed by atoms with Gasteiger partial charge >= 0.3 is 5.91 Å². The Morgan fingerprint density at radius 3 is 2.22 bits per heavy atom. The topological polar surface area (TPSA) is 80.6 Å². The number of amides is 2. The van der Waals surface area contributed by atoms with Gasteiger partial charge < -0.3 is 9.15 Å². The van der Waals surface area contributed by atoms with Gasteiger partial charge in [0.05, 0.1) is 6.26 Å². The second kappa shape index (κ2) is 8.29. The Bertz CT molecular complexity index is 756. The quantitative estimate of drug-likeness (QED) is 0.755. The zero-order valence-corrected chi connectivity index (χ0v) is 16.6. The molecule has 146 valence electrons. The van der Waals surface area contributed by atoms with Crippen LogP contribution in [0.25, 0.3) is 0 Å². The number of ether oxygens (including phenoxy) is 1. The van der Waals surface area contributed by atoms with Crippen LogP contribution in [0.1, 0.15) is 57.2 Å².